The number of Topliss-reactive ketones (excluding diaryl/α,β-unsaturated/α-hetero) is 1. The second kappa shape index (κ2) is 10.8. The van der Waals surface area contributed by atoms with E-state index in [2.05, 4.69) is 9.89 Å². The molecule has 2 aromatic carbocycles. The summed E-state index contributed by atoms with van der Waals surface area (Å²) in [6, 6.07) is 15.0. The Morgan fingerprint density at radius 2 is 1.54 bits per heavy atom. The van der Waals surface area contributed by atoms with Crippen LogP contribution in [0.15, 0.2) is 69.8 Å². The number of ketones is 1. The summed E-state index contributed by atoms with van der Waals surface area (Å²) in [5.41, 5.74) is 3.56. The van der Waals surface area contributed by atoms with E-state index < -0.39 is 10.0 Å². The fourth-order valence-corrected chi connectivity index (χ4v) is 5.96. The molecule has 1 N–H and O–H groups in total. The van der Waals surface area contributed by atoms with Crippen LogP contribution in [0.2, 0.25) is 0 Å². The number of aliphatic hydroxyl groups is 1. The summed E-state index contributed by atoms with van der Waals surface area (Å²) in [6.07, 6.45) is 2.31. The lowest BCUT2D eigenvalue weighted by molar-refractivity contribution is -0.116. The van der Waals surface area contributed by atoms with E-state index in [4.69, 9.17) is 0 Å². The first-order valence-electron chi connectivity index (χ1n) is 12.0. The van der Waals surface area contributed by atoms with E-state index in [1.54, 1.807) is 12.1 Å². The maximum absolute atomic E-state index is 12.9. The zero-order chi connectivity index (χ0) is 25.0. The van der Waals surface area contributed by atoms with Crippen LogP contribution in [0.1, 0.15) is 35.4 Å². The van der Waals surface area contributed by atoms with Gasteiger partial charge in [0.1, 0.15) is 5.76 Å². The highest BCUT2D eigenvalue weighted by atomic mass is 32.2. The van der Waals surface area contributed by atoms with Gasteiger partial charge in [-0.25, -0.2) is 8.42 Å². The summed E-state index contributed by atoms with van der Waals surface area (Å²) >= 11 is 0. The Balaban J connectivity index is 1.26. The standard InChI is InChI=1S/C27H33N3O4S/c1-20-3-7-22(8-4-20)23-17-26(31)25(27(32)18-23)19-28-11-12-29-13-15-30(16-14-29)35(33,34)24-9-5-21(2)6-10-24/h3-10,19,23,31H,11-18H2,1-2H3. The Morgan fingerprint density at radius 1 is 0.943 bits per heavy atom. The topological polar surface area (TPSA) is 90.3 Å². The second-order valence-electron chi connectivity index (χ2n) is 9.39. The smallest absolute Gasteiger partial charge is 0.243 e. The average molecular weight is 496 g/mol. The summed E-state index contributed by atoms with van der Waals surface area (Å²) < 4.78 is 27.2. The number of benzene rings is 2. The van der Waals surface area contributed by atoms with Gasteiger partial charge in [0, 0.05) is 51.8 Å². The van der Waals surface area contributed by atoms with Crippen LogP contribution >= 0.6 is 0 Å². The summed E-state index contributed by atoms with van der Waals surface area (Å²) in [5.74, 6) is 0.0104. The van der Waals surface area contributed by atoms with E-state index >= 15 is 0 Å². The largest absolute Gasteiger partial charge is 0.511 e. The average Bonchev–Trinajstić information content (AvgIpc) is 2.84. The molecule has 1 unspecified atom stereocenters. The Labute approximate surface area is 207 Å². The number of aryl methyl sites for hydroxylation is 2. The van der Waals surface area contributed by atoms with Crippen molar-refractivity contribution < 1.29 is 18.3 Å². The predicted octanol–water partition coefficient (Wildman–Crippen LogP) is 3.64. The predicted molar refractivity (Wildman–Crippen MR) is 138 cm³/mol. The van der Waals surface area contributed by atoms with E-state index in [0.717, 1.165) is 16.7 Å². The maximum Gasteiger partial charge on any atom is 0.243 e. The molecular formula is C27H33N3O4S. The molecule has 0 saturated carbocycles. The molecule has 0 aromatic heterocycles. The molecule has 1 aliphatic carbocycles. The Hall–Kier alpha value is -2.81. The van der Waals surface area contributed by atoms with Gasteiger partial charge in [-0.1, -0.05) is 47.5 Å². The molecule has 0 spiro atoms. The van der Waals surface area contributed by atoms with E-state index in [0.29, 0.717) is 62.6 Å². The molecule has 7 nitrogen and oxygen atoms in total. The summed E-state index contributed by atoms with van der Waals surface area (Å²) in [5, 5.41) is 10.5. The van der Waals surface area contributed by atoms with Gasteiger partial charge < -0.3 is 5.11 Å². The molecule has 2 aromatic rings. The first kappa shape index (κ1) is 25.3. The van der Waals surface area contributed by atoms with Crippen molar-refractivity contribution in [1.82, 2.24) is 9.21 Å². The van der Waals surface area contributed by atoms with Gasteiger partial charge in [0.25, 0.3) is 0 Å². The summed E-state index contributed by atoms with van der Waals surface area (Å²) in [7, 11) is -3.48. The number of aliphatic hydroxyl groups excluding tert-OH is 1. The van der Waals surface area contributed by atoms with Crippen LogP contribution in [0, 0.1) is 13.8 Å². The number of hydrogen-bond acceptors (Lipinski definition) is 6. The number of piperazine rings is 1. The highest BCUT2D eigenvalue weighted by molar-refractivity contribution is 7.89. The molecule has 8 heteroatoms. The summed E-state index contributed by atoms with van der Waals surface area (Å²) in [4.78, 5) is 19.5. The first-order valence-corrected chi connectivity index (χ1v) is 13.5. The van der Waals surface area contributed by atoms with Crippen LogP contribution < -0.4 is 0 Å². The number of sulfonamides is 1. The van der Waals surface area contributed by atoms with Crippen LogP contribution in [0.5, 0.6) is 0 Å². The lowest BCUT2D eigenvalue weighted by Crippen LogP contribution is -2.49. The van der Waals surface area contributed by atoms with Gasteiger partial charge >= 0.3 is 0 Å². The molecule has 2 aliphatic rings. The number of carbonyl (C=O) groups excluding carboxylic acids is 1. The first-order chi connectivity index (χ1) is 16.7. The van der Waals surface area contributed by atoms with Crippen molar-refractivity contribution in [2.24, 2.45) is 4.99 Å². The fourth-order valence-electron chi connectivity index (χ4n) is 4.54. The van der Waals surface area contributed by atoms with Gasteiger partial charge in [-0.15, -0.1) is 0 Å². The molecule has 1 atom stereocenters. The van der Waals surface area contributed by atoms with E-state index in [1.165, 1.54) is 10.5 Å². The third kappa shape index (κ3) is 6.07. The summed E-state index contributed by atoms with van der Waals surface area (Å²) in [6.45, 7) is 7.24. The number of hydrogen-bond donors (Lipinski definition) is 1. The number of aliphatic imine (C=N–C) groups is 1. The second-order valence-corrected chi connectivity index (χ2v) is 11.3. The normalized spacial score (nSPS) is 20.6. The molecule has 1 aliphatic heterocycles. The third-order valence-corrected chi connectivity index (χ3v) is 8.70. The molecule has 1 saturated heterocycles. The number of nitrogens with zero attached hydrogens (tertiary/aromatic N) is 3. The number of allylic oxidation sites excluding steroid dienone is 2. The molecule has 0 bridgehead atoms. The Bertz CT molecular complexity index is 1210. The highest BCUT2D eigenvalue weighted by Crippen LogP contribution is 2.33. The van der Waals surface area contributed by atoms with Crippen LogP contribution in [-0.2, 0) is 14.8 Å². The van der Waals surface area contributed by atoms with Gasteiger partial charge in [-0.05, 0) is 37.5 Å². The zero-order valence-electron chi connectivity index (χ0n) is 20.4. The number of rotatable bonds is 7. The van der Waals surface area contributed by atoms with E-state index in [1.807, 2.05) is 50.2 Å². The molecule has 1 heterocycles. The maximum atomic E-state index is 12.9. The van der Waals surface area contributed by atoms with Crippen molar-refractivity contribution in [1.29, 1.82) is 0 Å². The van der Waals surface area contributed by atoms with Crippen molar-refractivity contribution in [3.05, 3.63) is 76.6 Å². The Kier molecular flexibility index (Phi) is 7.84. The molecule has 0 amide bonds. The van der Waals surface area contributed by atoms with Crippen molar-refractivity contribution in [3.8, 4) is 0 Å². The van der Waals surface area contributed by atoms with Crippen LogP contribution in [-0.4, -0.2) is 74.0 Å². The highest BCUT2D eigenvalue weighted by Gasteiger charge is 2.29. The molecule has 0 radical (unpaired) electrons. The minimum absolute atomic E-state index is 0.00673. The van der Waals surface area contributed by atoms with Crippen LogP contribution in [0.25, 0.3) is 0 Å². The lowest BCUT2D eigenvalue weighted by Gasteiger charge is -2.33. The van der Waals surface area contributed by atoms with Crippen molar-refractivity contribution in [2.45, 2.75) is 37.5 Å². The van der Waals surface area contributed by atoms with Gasteiger partial charge in [-0.2, -0.15) is 4.31 Å². The van der Waals surface area contributed by atoms with Gasteiger partial charge in [0.15, 0.2) is 5.78 Å². The third-order valence-electron chi connectivity index (χ3n) is 6.79. The molecule has 35 heavy (non-hydrogen) atoms. The van der Waals surface area contributed by atoms with Crippen LogP contribution in [0.4, 0.5) is 0 Å². The lowest BCUT2D eigenvalue weighted by atomic mass is 9.83. The molecule has 1 fully saturated rings. The van der Waals surface area contributed by atoms with Gasteiger partial charge in [-0.3, -0.25) is 14.7 Å². The monoisotopic (exact) mass is 495 g/mol. The number of carbonyl (C=O) groups is 1. The Morgan fingerprint density at radius 3 is 2.14 bits per heavy atom. The minimum atomic E-state index is -3.48. The quantitative estimate of drug-likeness (QED) is 0.593. The van der Waals surface area contributed by atoms with E-state index in [9.17, 15) is 18.3 Å². The molecular weight excluding hydrogens is 462 g/mol. The van der Waals surface area contributed by atoms with Gasteiger partial charge in [0.05, 0.1) is 17.0 Å². The van der Waals surface area contributed by atoms with Crippen molar-refractivity contribution >= 4 is 22.0 Å². The fraction of sp³-hybridized carbons (Fsp3) is 0.407. The molecule has 186 valence electrons. The zero-order valence-corrected chi connectivity index (χ0v) is 21.2. The molecule has 4 rings (SSSR count). The van der Waals surface area contributed by atoms with Crippen molar-refractivity contribution in [2.75, 3.05) is 39.3 Å². The van der Waals surface area contributed by atoms with Gasteiger partial charge in [0.2, 0.25) is 10.0 Å². The minimum Gasteiger partial charge on any atom is -0.511 e. The van der Waals surface area contributed by atoms with Crippen LogP contribution in [0.3, 0.4) is 0 Å². The van der Waals surface area contributed by atoms with Crippen molar-refractivity contribution in [3.63, 3.8) is 0 Å². The SMILES string of the molecule is Cc1ccc(C2CC(=O)C(C=NCCN3CCN(S(=O)(=O)c4ccc(C)cc4)CC3)=C(O)C2)cc1. The van der Waals surface area contributed by atoms with E-state index in [-0.39, 0.29) is 17.5 Å².